The highest BCUT2D eigenvalue weighted by Crippen LogP contribution is 2.30. The molecule has 0 aliphatic heterocycles. The van der Waals surface area contributed by atoms with Crippen LogP contribution in [0.15, 0.2) is 24.3 Å². The summed E-state index contributed by atoms with van der Waals surface area (Å²) >= 11 is 0. The van der Waals surface area contributed by atoms with Crippen LogP contribution in [0.1, 0.15) is 18.7 Å². The number of benzene rings is 1. The summed E-state index contributed by atoms with van der Waals surface area (Å²) in [5.74, 6) is 0.926. The third-order valence-electron chi connectivity index (χ3n) is 3.15. The van der Waals surface area contributed by atoms with Crippen molar-refractivity contribution in [1.29, 1.82) is 0 Å². The lowest BCUT2D eigenvalue weighted by Gasteiger charge is -2.12. The SMILES string of the molecule is CNC(C)c1cc2cccc(OC)c2n1C. The van der Waals surface area contributed by atoms with Gasteiger partial charge in [0.15, 0.2) is 0 Å². The zero-order valence-corrected chi connectivity index (χ0v) is 10.2. The van der Waals surface area contributed by atoms with Crippen molar-refractivity contribution >= 4 is 10.9 Å². The molecule has 2 aromatic rings. The van der Waals surface area contributed by atoms with Crippen molar-refractivity contribution in [3.63, 3.8) is 0 Å². The van der Waals surface area contributed by atoms with Crippen molar-refractivity contribution < 1.29 is 4.74 Å². The predicted octanol–water partition coefficient (Wildman–Crippen LogP) is 2.47. The molecule has 0 spiro atoms. The van der Waals surface area contributed by atoms with Crippen molar-refractivity contribution in [2.24, 2.45) is 7.05 Å². The molecule has 0 amide bonds. The first kappa shape index (κ1) is 11.0. The van der Waals surface area contributed by atoms with Gasteiger partial charge in [-0.1, -0.05) is 12.1 Å². The fourth-order valence-corrected chi connectivity index (χ4v) is 2.13. The van der Waals surface area contributed by atoms with Gasteiger partial charge in [-0.05, 0) is 26.1 Å². The van der Waals surface area contributed by atoms with Crippen LogP contribution < -0.4 is 10.1 Å². The van der Waals surface area contributed by atoms with Gasteiger partial charge in [0.1, 0.15) is 5.75 Å². The van der Waals surface area contributed by atoms with E-state index in [0.717, 1.165) is 11.3 Å². The summed E-state index contributed by atoms with van der Waals surface area (Å²) in [6, 6.07) is 8.68. The van der Waals surface area contributed by atoms with E-state index in [4.69, 9.17) is 4.74 Å². The topological polar surface area (TPSA) is 26.2 Å². The van der Waals surface area contributed by atoms with Crippen LogP contribution >= 0.6 is 0 Å². The van der Waals surface area contributed by atoms with E-state index in [0.29, 0.717) is 6.04 Å². The highest BCUT2D eigenvalue weighted by molar-refractivity contribution is 5.87. The first-order valence-electron chi connectivity index (χ1n) is 5.48. The van der Waals surface area contributed by atoms with Crippen molar-refractivity contribution in [3.05, 3.63) is 30.0 Å². The molecule has 1 atom stereocenters. The Kier molecular flexibility index (Phi) is 2.88. The lowest BCUT2D eigenvalue weighted by atomic mass is 10.2. The number of ether oxygens (including phenoxy) is 1. The number of nitrogens with zero attached hydrogens (tertiary/aromatic N) is 1. The molecule has 0 aliphatic rings. The van der Waals surface area contributed by atoms with Crippen LogP contribution in [0.3, 0.4) is 0 Å². The van der Waals surface area contributed by atoms with Crippen LogP contribution in [0.4, 0.5) is 0 Å². The summed E-state index contributed by atoms with van der Waals surface area (Å²) in [6.45, 7) is 2.15. The van der Waals surface area contributed by atoms with Crippen LogP contribution in [0.5, 0.6) is 5.75 Å². The first-order chi connectivity index (χ1) is 7.69. The lowest BCUT2D eigenvalue weighted by molar-refractivity contribution is 0.417. The van der Waals surface area contributed by atoms with E-state index in [1.165, 1.54) is 11.1 Å². The van der Waals surface area contributed by atoms with Crippen molar-refractivity contribution in [2.45, 2.75) is 13.0 Å². The molecule has 1 heterocycles. The molecule has 0 aliphatic carbocycles. The molecular formula is C13H18N2O. The molecule has 0 fully saturated rings. The van der Waals surface area contributed by atoms with Crippen molar-refractivity contribution in [3.8, 4) is 5.75 Å². The highest BCUT2D eigenvalue weighted by atomic mass is 16.5. The number of aryl methyl sites for hydroxylation is 1. The van der Waals surface area contributed by atoms with E-state index in [1.807, 2.05) is 19.2 Å². The Morgan fingerprint density at radius 1 is 1.38 bits per heavy atom. The normalized spacial score (nSPS) is 13.0. The number of rotatable bonds is 3. The van der Waals surface area contributed by atoms with Gasteiger partial charge >= 0.3 is 0 Å². The van der Waals surface area contributed by atoms with Crippen LogP contribution in [0.2, 0.25) is 0 Å². The summed E-state index contributed by atoms with van der Waals surface area (Å²) in [7, 11) is 5.76. The van der Waals surface area contributed by atoms with Crippen molar-refractivity contribution in [2.75, 3.05) is 14.2 Å². The smallest absolute Gasteiger partial charge is 0.143 e. The third-order valence-corrected chi connectivity index (χ3v) is 3.15. The Morgan fingerprint density at radius 3 is 2.75 bits per heavy atom. The summed E-state index contributed by atoms with van der Waals surface area (Å²) in [5, 5.41) is 4.48. The van der Waals surface area contributed by atoms with Crippen LogP contribution in [-0.2, 0) is 7.05 Å². The minimum Gasteiger partial charge on any atom is -0.495 e. The Morgan fingerprint density at radius 2 is 2.12 bits per heavy atom. The molecule has 0 saturated heterocycles. The number of methoxy groups -OCH3 is 1. The lowest BCUT2D eigenvalue weighted by Crippen LogP contribution is -2.15. The standard InChI is InChI=1S/C13H18N2O/c1-9(14-2)11-8-10-6-5-7-12(16-4)13(10)15(11)3/h5-9,14H,1-4H3. The van der Waals surface area contributed by atoms with Gasteiger partial charge in [0.05, 0.1) is 12.6 Å². The maximum absolute atomic E-state index is 5.39. The van der Waals surface area contributed by atoms with E-state index in [-0.39, 0.29) is 0 Å². The van der Waals surface area contributed by atoms with Gasteiger partial charge in [0, 0.05) is 24.2 Å². The number of para-hydroxylation sites is 1. The summed E-state index contributed by atoms with van der Waals surface area (Å²) in [5.41, 5.74) is 2.42. The average molecular weight is 218 g/mol. The molecular weight excluding hydrogens is 200 g/mol. The zero-order chi connectivity index (χ0) is 11.7. The number of hydrogen-bond acceptors (Lipinski definition) is 2. The average Bonchev–Trinajstić information content (AvgIpc) is 2.66. The number of nitrogens with one attached hydrogen (secondary N) is 1. The molecule has 1 unspecified atom stereocenters. The third kappa shape index (κ3) is 1.57. The summed E-state index contributed by atoms with van der Waals surface area (Å²) in [6.07, 6.45) is 0. The van der Waals surface area contributed by atoms with Gasteiger partial charge in [-0.25, -0.2) is 0 Å². The second-order valence-corrected chi connectivity index (χ2v) is 4.04. The Labute approximate surface area is 96.0 Å². The van der Waals surface area contributed by atoms with Gasteiger partial charge in [0.2, 0.25) is 0 Å². The first-order valence-corrected chi connectivity index (χ1v) is 5.48. The quantitative estimate of drug-likeness (QED) is 0.856. The molecule has 0 radical (unpaired) electrons. The molecule has 3 nitrogen and oxygen atoms in total. The van der Waals surface area contributed by atoms with Crippen molar-refractivity contribution in [1.82, 2.24) is 9.88 Å². The number of hydrogen-bond donors (Lipinski definition) is 1. The second kappa shape index (κ2) is 4.18. The van der Waals surface area contributed by atoms with Gasteiger partial charge in [0.25, 0.3) is 0 Å². The monoisotopic (exact) mass is 218 g/mol. The highest BCUT2D eigenvalue weighted by Gasteiger charge is 2.13. The predicted molar refractivity (Wildman–Crippen MR) is 66.9 cm³/mol. The van der Waals surface area contributed by atoms with E-state index < -0.39 is 0 Å². The van der Waals surface area contributed by atoms with Gasteiger partial charge in [-0.3, -0.25) is 0 Å². The molecule has 1 aromatic carbocycles. The van der Waals surface area contributed by atoms with E-state index >= 15 is 0 Å². The minimum absolute atomic E-state index is 0.335. The molecule has 0 bridgehead atoms. The fraction of sp³-hybridized carbons (Fsp3) is 0.385. The molecule has 2 rings (SSSR count). The Hall–Kier alpha value is -1.48. The van der Waals surface area contributed by atoms with Gasteiger partial charge in [-0.2, -0.15) is 0 Å². The molecule has 1 aromatic heterocycles. The summed E-state index contributed by atoms with van der Waals surface area (Å²) < 4.78 is 7.58. The molecule has 86 valence electrons. The van der Waals surface area contributed by atoms with Crippen LogP contribution in [-0.4, -0.2) is 18.7 Å². The number of fused-ring (bicyclic) bond motifs is 1. The second-order valence-electron chi connectivity index (χ2n) is 4.04. The maximum atomic E-state index is 5.39. The van der Waals surface area contributed by atoms with Crippen LogP contribution in [0.25, 0.3) is 10.9 Å². The zero-order valence-electron chi connectivity index (χ0n) is 10.2. The van der Waals surface area contributed by atoms with Crippen LogP contribution in [0, 0.1) is 0 Å². The Balaban J connectivity index is 2.68. The molecule has 16 heavy (non-hydrogen) atoms. The van der Waals surface area contributed by atoms with Gasteiger partial charge < -0.3 is 14.6 Å². The maximum Gasteiger partial charge on any atom is 0.143 e. The molecule has 3 heteroatoms. The van der Waals surface area contributed by atoms with E-state index in [1.54, 1.807) is 7.11 Å². The van der Waals surface area contributed by atoms with Gasteiger partial charge in [-0.15, -0.1) is 0 Å². The Bertz CT molecular complexity index is 502. The number of aromatic nitrogens is 1. The molecule has 1 N–H and O–H groups in total. The molecule has 0 saturated carbocycles. The summed E-state index contributed by atoms with van der Waals surface area (Å²) in [4.78, 5) is 0. The van der Waals surface area contributed by atoms with E-state index in [9.17, 15) is 0 Å². The minimum atomic E-state index is 0.335. The fourth-order valence-electron chi connectivity index (χ4n) is 2.13. The van der Waals surface area contributed by atoms with E-state index in [2.05, 4.69) is 36.0 Å². The largest absolute Gasteiger partial charge is 0.495 e.